The van der Waals surface area contributed by atoms with E-state index in [1.54, 1.807) is 0 Å². The predicted octanol–water partition coefficient (Wildman–Crippen LogP) is -0.263. The molecule has 0 aliphatic heterocycles. The Kier molecular flexibility index (Phi) is 13.2. The van der Waals surface area contributed by atoms with Gasteiger partial charge in [0.05, 0.1) is 26.4 Å². The van der Waals surface area contributed by atoms with Crippen molar-refractivity contribution >= 4 is 12.3 Å². The Labute approximate surface area is 85.7 Å². The van der Waals surface area contributed by atoms with Gasteiger partial charge in [0.15, 0.2) is 0 Å². The van der Waals surface area contributed by atoms with Gasteiger partial charge >= 0.3 is 12.3 Å². The van der Waals surface area contributed by atoms with Gasteiger partial charge in [0.25, 0.3) is 0 Å². The molecule has 15 heavy (non-hydrogen) atoms. The van der Waals surface area contributed by atoms with Crippen molar-refractivity contribution in [2.45, 2.75) is 6.42 Å². The average molecular weight is 226 g/mol. The molecule has 0 aromatic rings. The Morgan fingerprint density at radius 2 is 1.20 bits per heavy atom. The largest absolute Gasteiger partial charge is 0.505 e. The van der Waals surface area contributed by atoms with Crippen LogP contribution in [0.5, 0.6) is 0 Å². The molecule has 8 heteroatoms. The molecule has 0 atom stereocenters. The molecule has 0 aromatic carbocycles. The molecular weight excluding hydrogens is 212 g/mol. The summed E-state index contributed by atoms with van der Waals surface area (Å²) in [7, 11) is 0. The van der Waals surface area contributed by atoms with E-state index >= 15 is 0 Å². The molecule has 4 N–H and O–H groups in total. The molecule has 0 unspecified atom stereocenters. The second kappa shape index (κ2) is 12.5. The monoisotopic (exact) mass is 226 g/mol. The topological polar surface area (TPSA) is 134 Å². The van der Waals surface area contributed by atoms with Gasteiger partial charge in [-0.2, -0.15) is 0 Å². The minimum Gasteiger partial charge on any atom is -0.450 e. The van der Waals surface area contributed by atoms with Gasteiger partial charge in [-0.15, -0.1) is 0 Å². The molecule has 0 heterocycles. The zero-order valence-electron chi connectivity index (χ0n) is 7.96. The highest BCUT2D eigenvalue weighted by atomic mass is 16.7. The fourth-order valence-electron chi connectivity index (χ4n) is 0.378. The van der Waals surface area contributed by atoms with E-state index in [4.69, 9.17) is 20.4 Å². The van der Waals surface area contributed by atoms with Crippen LogP contribution in [-0.4, -0.2) is 59.2 Å². The molecule has 0 radical (unpaired) electrons. The fraction of sp³-hybridized carbons (Fsp3) is 0.714. The van der Waals surface area contributed by atoms with Gasteiger partial charge in [0, 0.05) is 6.42 Å². The van der Waals surface area contributed by atoms with Crippen molar-refractivity contribution < 1.29 is 39.5 Å². The second-order valence-corrected chi connectivity index (χ2v) is 2.03. The minimum absolute atomic E-state index is 0.0530. The van der Waals surface area contributed by atoms with Crippen molar-refractivity contribution in [2.24, 2.45) is 0 Å². The summed E-state index contributed by atoms with van der Waals surface area (Å²) in [6.45, 7) is -0.356. The van der Waals surface area contributed by atoms with Crippen LogP contribution in [0.2, 0.25) is 0 Å². The van der Waals surface area contributed by atoms with E-state index in [0.717, 1.165) is 0 Å². The third-order valence-electron chi connectivity index (χ3n) is 0.840. The van der Waals surface area contributed by atoms with Crippen LogP contribution in [0, 0.1) is 0 Å². The van der Waals surface area contributed by atoms with Gasteiger partial charge in [0.1, 0.15) is 0 Å². The van der Waals surface area contributed by atoms with Crippen LogP contribution >= 0.6 is 0 Å². The van der Waals surface area contributed by atoms with Crippen molar-refractivity contribution in [1.29, 1.82) is 0 Å². The lowest BCUT2D eigenvalue weighted by Gasteiger charge is -1.99. The van der Waals surface area contributed by atoms with Crippen LogP contribution < -0.4 is 0 Å². The van der Waals surface area contributed by atoms with E-state index in [1.807, 2.05) is 0 Å². The fourth-order valence-corrected chi connectivity index (χ4v) is 0.378. The Morgan fingerprint density at radius 1 is 0.867 bits per heavy atom. The number of aliphatic hydroxyl groups excluding tert-OH is 2. The first-order chi connectivity index (χ1) is 7.04. The minimum atomic E-state index is -1.37. The highest BCUT2D eigenvalue weighted by Gasteiger charge is 1.98. The highest BCUT2D eigenvalue weighted by Crippen LogP contribution is 1.85. The molecule has 90 valence electrons. The molecular formula is C7H14O8. The quantitative estimate of drug-likeness (QED) is 0.372. The molecule has 0 aromatic heterocycles. The molecule has 0 aliphatic rings. The molecule has 0 saturated carbocycles. The first-order valence-corrected chi connectivity index (χ1v) is 3.97. The number of rotatable bonds is 5. The van der Waals surface area contributed by atoms with Crippen LogP contribution in [0.4, 0.5) is 9.59 Å². The van der Waals surface area contributed by atoms with Crippen LogP contribution in [-0.2, 0) is 9.47 Å². The predicted molar refractivity (Wildman–Crippen MR) is 46.7 cm³/mol. The molecule has 0 bridgehead atoms. The summed E-state index contributed by atoms with van der Waals surface area (Å²) in [5, 5.41) is 31.1. The smallest absolute Gasteiger partial charge is 0.450 e. The Balaban J connectivity index is 0. The molecule has 0 spiro atoms. The van der Waals surface area contributed by atoms with Gasteiger partial charge in [-0.25, -0.2) is 9.59 Å². The number of carboxylic acid groups (broad SMARTS) is 2. The van der Waals surface area contributed by atoms with Crippen molar-refractivity contribution in [3.8, 4) is 0 Å². The van der Waals surface area contributed by atoms with Crippen molar-refractivity contribution in [3.63, 3.8) is 0 Å². The summed E-state index contributed by atoms with van der Waals surface area (Å²) in [6.07, 6.45) is -2.51. The summed E-state index contributed by atoms with van der Waals surface area (Å²) < 4.78 is 8.13. The second-order valence-electron chi connectivity index (χ2n) is 2.03. The molecule has 8 nitrogen and oxygen atoms in total. The highest BCUT2D eigenvalue weighted by molar-refractivity contribution is 5.57. The maximum absolute atomic E-state index is 9.72. The molecule has 0 fully saturated rings. The van der Waals surface area contributed by atoms with Crippen molar-refractivity contribution in [1.82, 2.24) is 0 Å². The SMILES string of the molecule is O=C(O)OCCCOC(=O)O.OCCO. The lowest BCUT2D eigenvalue weighted by molar-refractivity contribution is 0.0689. The van der Waals surface area contributed by atoms with Gasteiger partial charge in [-0.1, -0.05) is 0 Å². The molecule has 0 saturated heterocycles. The lowest BCUT2D eigenvalue weighted by atomic mass is 10.5. The first kappa shape index (κ1) is 15.9. The summed E-state index contributed by atoms with van der Waals surface area (Å²) in [6, 6.07) is 0. The zero-order chi connectivity index (χ0) is 12.1. The van der Waals surface area contributed by atoms with Crippen molar-refractivity contribution in [2.75, 3.05) is 26.4 Å². The zero-order valence-corrected chi connectivity index (χ0v) is 7.96. The van der Waals surface area contributed by atoms with Gasteiger partial charge in [0.2, 0.25) is 0 Å². The van der Waals surface area contributed by atoms with Gasteiger partial charge < -0.3 is 29.9 Å². The van der Waals surface area contributed by atoms with Crippen molar-refractivity contribution in [3.05, 3.63) is 0 Å². The number of hydrogen-bond acceptors (Lipinski definition) is 6. The van der Waals surface area contributed by atoms with E-state index < -0.39 is 12.3 Å². The van der Waals surface area contributed by atoms with Crippen LogP contribution in [0.1, 0.15) is 6.42 Å². The van der Waals surface area contributed by atoms with E-state index in [-0.39, 0.29) is 32.8 Å². The molecule has 0 amide bonds. The summed E-state index contributed by atoms with van der Waals surface area (Å²) in [5.41, 5.74) is 0. The van der Waals surface area contributed by atoms with E-state index in [1.165, 1.54) is 0 Å². The summed E-state index contributed by atoms with van der Waals surface area (Å²) >= 11 is 0. The van der Waals surface area contributed by atoms with E-state index in [2.05, 4.69) is 9.47 Å². The van der Waals surface area contributed by atoms with E-state index in [0.29, 0.717) is 0 Å². The molecule has 0 aliphatic carbocycles. The summed E-state index contributed by atoms with van der Waals surface area (Å²) in [4.78, 5) is 19.4. The maximum Gasteiger partial charge on any atom is 0.505 e. The van der Waals surface area contributed by atoms with Crippen LogP contribution in [0.3, 0.4) is 0 Å². The van der Waals surface area contributed by atoms with E-state index in [9.17, 15) is 9.59 Å². The Morgan fingerprint density at radius 3 is 1.40 bits per heavy atom. The van der Waals surface area contributed by atoms with Crippen LogP contribution in [0.15, 0.2) is 0 Å². The van der Waals surface area contributed by atoms with Crippen LogP contribution in [0.25, 0.3) is 0 Å². The first-order valence-electron chi connectivity index (χ1n) is 3.97. The number of ether oxygens (including phenoxy) is 2. The molecule has 0 rings (SSSR count). The normalized spacial score (nSPS) is 8.40. The standard InChI is InChI=1S/C5H8O6.C2H6O2/c6-4(7)10-2-1-3-11-5(8)9;3-1-2-4/h1-3H2,(H,6,7)(H,8,9);3-4H,1-2H2. The third-order valence-corrected chi connectivity index (χ3v) is 0.840. The number of hydrogen-bond donors (Lipinski definition) is 4. The Hall–Kier alpha value is -1.54. The van der Waals surface area contributed by atoms with Gasteiger partial charge in [-0.3, -0.25) is 0 Å². The summed E-state index contributed by atoms with van der Waals surface area (Å²) in [5.74, 6) is 0. The number of aliphatic hydroxyl groups is 2. The maximum atomic E-state index is 9.72. The lowest BCUT2D eigenvalue weighted by Crippen LogP contribution is -2.07. The average Bonchev–Trinajstić information content (AvgIpc) is 2.17. The number of carbonyl (C=O) groups is 2. The third kappa shape index (κ3) is 24.5. The van der Waals surface area contributed by atoms with Gasteiger partial charge in [-0.05, 0) is 0 Å². The Bertz CT molecular complexity index is 150.